The Morgan fingerprint density at radius 1 is 1.10 bits per heavy atom. The minimum Gasteiger partial charge on any atom is -0.475 e. The first-order valence-corrected chi connectivity index (χ1v) is 13.2. The number of anilines is 1. The van der Waals surface area contributed by atoms with Gasteiger partial charge in [-0.2, -0.15) is 13.2 Å². The third-order valence-corrected chi connectivity index (χ3v) is 6.22. The smallest absolute Gasteiger partial charge is 0.475 e. The molecule has 0 fully saturated rings. The molecule has 0 aliphatic carbocycles. The predicted molar refractivity (Wildman–Crippen MR) is 144 cm³/mol. The summed E-state index contributed by atoms with van der Waals surface area (Å²) < 4.78 is 60.1. The number of fused-ring (bicyclic) bond motifs is 1. The van der Waals surface area contributed by atoms with Gasteiger partial charge in [0.25, 0.3) is 5.56 Å². The average Bonchev–Trinajstić information content (AvgIpc) is 2.85. The molecule has 0 radical (unpaired) electrons. The molecule has 13 nitrogen and oxygen atoms in total. The predicted octanol–water partition coefficient (Wildman–Crippen LogP) is 1.28. The Morgan fingerprint density at radius 3 is 2.37 bits per heavy atom. The maximum atomic E-state index is 13.0. The van der Waals surface area contributed by atoms with E-state index in [1.165, 1.54) is 0 Å². The number of aromatic nitrogens is 1. The minimum absolute atomic E-state index is 0.0303. The van der Waals surface area contributed by atoms with Crippen LogP contribution in [0.15, 0.2) is 58.5 Å². The monoisotopic (exact) mass is 600 g/mol. The molecule has 1 aromatic heterocycles. The number of carboxylic acids is 1. The third kappa shape index (κ3) is 10.7. The van der Waals surface area contributed by atoms with Crippen molar-refractivity contribution in [3.05, 3.63) is 75.7 Å². The fourth-order valence-corrected chi connectivity index (χ4v) is 4.68. The Bertz CT molecular complexity index is 1580. The van der Waals surface area contributed by atoms with Gasteiger partial charge in [0, 0.05) is 5.69 Å². The van der Waals surface area contributed by atoms with Gasteiger partial charge in [-0.25, -0.2) is 13.2 Å². The number of carbonyl (C=O) groups excluding carboxylic acids is 1. The molecule has 222 valence electrons. The standard InChI is InChI=1S/C22H26N6O5S.C2HF3O2/c1-14-11-17(12-19(29)25-9-10-33-27-22(23)24)20(21(30)26-14)28-34(31,32)13-16-7-4-6-15-5-2-3-8-18(15)16;3-2(4,5)1(6)7/h2-8,11,28H,9-10,12-13H2,1H3,(H,25,29)(H,26,30)(H4,23,24,27);(H,6,7). The van der Waals surface area contributed by atoms with E-state index in [0.29, 0.717) is 11.3 Å². The maximum absolute atomic E-state index is 13.0. The van der Waals surface area contributed by atoms with Crippen molar-refractivity contribution in [2.45, 2.75) is 25.3 Å². The lowest BCUT2D eigenvalue weighted by Gasteiger charge is -2.14. The number of nitrogens with one attached hydrogen (secondary N) is 3. The SMILES string of the molecule is Cc1cc(CC(=O)NCCON=C(N)N)c(NS(=O)(=O)Cc2cccc3ccccc23)c(=O)[nH]1.O=C(O)C(F)(F)F. The number of alkyl halides is 3. The van der Waals surface area contributed by atoms with Crippen molar-refractivity contribution in [2.24, 2.45) is 16.6 Å². The summed E-state index contributed by atoms with van der Waals surface area (Å²) in [6.45, 7) is 1.78. The summed E-state index contributed by atoms with van der Waals surface area (Å²) in [6, 6.07) is 14.4. The molecule has 0 aliphatic rings. The van der Waals surface area contributed by atoms with E-state index in [-0.39, 0.29) is 42.5 Å². The van der Waals surface area contributed by atoms with Crippen LogP contribution < -0.4 is 27.1 Å². The molecule has 0 aliphatic heterocycles. The summed E-state index contributed by atoms with van der Waals surface area (Å²) in [7, 11) is -3.97. The first-order chi connectivity index (χ1) is 19.1. The number of carboxylic acid groups (broad SMARTS) is 1. The van der Waals surface area contributed by atoms with Gasteiger partial charge < -0.3 is 31.7 Å². The van der Waals surface area contributed by atoms with Gasteiger partial charge in [0.15, 0.2) is 0 Å². The number of rotatable bonds is 10. The second-order valence-electron chi connectivity index (χ2n) is 8.36. The van der Waals surface area contributed by atoms with Crippen molar-refractivity contribution in [2.75, 3.05) is 17.9 Å². The number of halogens is 3. The molecule has 0 saturated carbocycles. The fraction of sp³-hybridized carbons (Fsp3) is 0.250. The van der Waals surface area contributed by atoms with Crippen LogP contribution >= 0.6 is 0 Å². The van der Waals surface area contributed by atoms with Gasteiger partial charge in [0.1, 0.15) is 12.3 Å². The number of amides is 1. The van der Waals surface area contributed by atoms with E-state index in [4.69, 9.17) is 26.2 Å². The largest absolute Gasteiger partial charge is 0.490 e. The van der Waals surface area contributed by atoms with Gasteiger partial charge in [-0.1, -0.05) is 42.5 Å². The van der Waals surface area contributed by atoms with E-state index in [1.54, 1.807) is 25.1 Å². The number of pyridine rings is 1. The molecule has 41 heavy (non-hydrogen) atoms. The highest BCUT2D eigenvalue weighted by molar-refractivity contribution is 7.91. The molecule has 0 bridgehead atoms. The number of sulfonamides is 1. The average molecular weight is 601 g/mol. The van der Waals surface area contributed by atoms with Crippen LogP contribution in [0.3, 0.4) is 0 Å². The van der Waals surface area contributed by atoms with Crippen molar-refractivity contribution < 1.29 is 41.1 Å². The van der Waals surface area contributed by atoms with Crippen molar-refractivity contribution in [1.29, 1.82) is 0 Å². The van der Waals surface area contributed by atoms with Crippen molar-refractivity contribution in [1.82, 2.24) is 10.3 Å². The van der Waals surface area contributed by atoms with E-state index in [2.05, 4.69) is 20.2 Å². The highest BCUT2D eigenvalue weighted by Gasteiger charge is 2.38. The summed E-state index contributed by atoms with van der Waals surface area (Å²) in [5, 5.41) is 14.8. The van der Waals surface area contributed by atoms with Gasteiger partial charge in [-0.15, -0.1) is 0 Å². The minimum atomic E-state index is -5.08. The number of oxime groups is 1. The zero-order valence-corrected chi connectivity index (χ0v) is 22.3. The van der Waals surface area contributed by atoms with Gasteiger partial charge in [0.05, 0.1) is 18.7 Å². The van der Waals surface area contributed by atoms with Crippen LogP contribution in [0.4, 0.5) is 18.9 Å². The van der Waals surface area contributed by atoms with Crippen LogP contribution in [0.1, 0.15) is 16.8 Å². The maximum Gasteiger partial charge on any atom is 0.490 e. The van der Waals surface area contributed by atoms with Crippen molar-refractivity contribution in [3.8, 4) is 0 Å². The highest BCUT2D eigenvalue weighted by atomic mass is 32.2. The van der Waals surface area contributed by atoms with E-state index in [1.807, 2.05) is 30.3 Å². The lowest BCUT2D eigenvalue weighted by Crippen LogP contribution is -2.30. The van der Waals surface area contributed by atoms with E-state index < -0.39 is 33.6 Å². The van der Waals surface area contributed by atoms with Crippen LogP contribution in [0, 0.1) is 6.92 Å². The first-order valence-electron chi connectivity index (χ1n) is 11.6. The van der Waals surface area contributed by atoms with Crippen LogP contribution in [0.2, 0.25) is 0 Å². The van der Waals surface area contributed by atoms with E-state index in [9.17, 15) is 31.2 Å². The van der Waals surface area contributed by atoms with Gasteiger partial charge in [0.2, 0.25) is 21.9 Å². The van der Waals surface area contributed by atoms with Crippen LogP contribution in [0.25, 0.3) is 10.8 Å². The summed E-state index contributed by atoms with van der Waals surface area (Å²) in [5.74, 6) is -3.78. The number of H-pyrrole nitrogens is 1. The molecule has 0 unspecified atom stereocenters. The van der Waals surface area contributed by atoms with Gasteiger partial charge in [-0.05, 0) is 40.0 Å². The number of aromatic amines is 1. The summed E-state index contributed by atoms with van der Waals surface area (Å²) in [5.41, 5.74) is 10.8. The molecule has 3 aromatic rings. The molecule has 1 heterocycles. The van der Waals surface area contributed by atoms with Gasteiger partial charge >= 0.3 is 12.1 Å². The molecule has 2 aromatic carbocycles. The van der Waals surface area contributed by atoms with E-state index >= 15 is 0 Å². The Labute approximate surface area is 231 Å². The molecule has 0 spiro atoms. The quantitative estimate of drug-likeness (QED) is 0.0853. The van der Waals surface area contributed by atoms with Crippen LogP contribution in [-0.4, -0.2) is 55.7 Å². The number of guanidine groups is 1. The number of aryl methyl sites for hydroxylation is 1. The molecule has 3 rings (SSSR count). The van der Waals surface area contributed by atoms with E-state index in [0.717, 1.165) is 10.8 Å². The lowest BCUT2D eigenvalue weighted by molar-refractivity contribution is -0.192. The van der Waals surface area contributed by atoms with Crippen LogP contribution in [-0.2, 0) is 36.6 Å². The van der Waals surface area contributed by atoms with Crippen LogP contribution in [0.5, 0.6) is 0 Å². The molecule has 17 heteroatoms. The number of nitrogens with two attached hydrogens (primary N) is 2. The summed E-state index contributed by atoms with van der Waals surface area (Å²) in [4.78, 5) is 41.2. The Morgan fingerprint density at radius 2 is 1.73 bits per heavy atom. The first kappa shape index (κ1) is 32.4. The highest BCUT2D eigenvalue weighted by Crippen LogP contribution is 2.22. The zero-order chi connectivity index (χ0) is 30.8. The number of carbonyl (C=O) groups is 2. The summed E-state index contributed by atoms with van der Waals surface area (Å²) >= 11 is 0. The molecular weight excluding hydrogens is 573 g/mol. The van der Waals surface area contributed by atoms with Gasteiger partial charge in [-0.3, -0.25) is 14.3 Å². The lowest BCUT2D eigenvalue weighted by atomic mass is 10.1. The number of hydrogen-bond acceptors (Lipinski definition) is 7. The Balaban J connectivity index is 0.000000745. The Hall–Kier alpha value is -4.80. The number of benzene rings is 2. The number of aliphatic carboxylic acids is 1. The molecule has 8 N–H and O–H groups in total. The Kier molecular flexibility index (Phi) is 11.1. The van der Waals surface area contributed by atoms with Crippen molar-refractivity contribution >= 4 is 44.3 Å². The normalized spacial score (nSPS) is 11.1. The number of nitrogens with zero attached hydrogens (tertiary/aromatic N) is 1. The molecular formula is C24H27F3N6O7S. The zero-order valence-electron chi connectivity index (χ0n) is 21.5. The second-order valence-corrected chi connectivity index (χ2v) is 10.1. The molecule has 0 atom stereocenters. The second kappa shape index (κ2) is 14.0. The third-order valence-electron chi connectivity index (χ3n) is 5.01. The molecule has 1 amide bonds. The van der Waals surface area contributed by atoms with Crippen molar-refractivity contribution in [3.63, 3.8) is 0 Å². The summed E-state index contributed by atoms with van der Waals surface area (Å²) in [6.07, 6.45) is -5.31. The molecule has 0 saturated heterocycles. The number of hydrogen-bond donors (Lipinski definition) is 6. The topological polar surface area (TPSA) is 219 Å². The fourth-order valence-electron chi connectivity index (χ4n) is 3.41.